The molecule has 4 rings (SSSR count). The van der Waals surface area contributed by atoms with Crippen molar-refractivity contribution in [3.8, 4) is 11.5 Å². The minimum absolute atomic E-state index is 0.103. The Morgan fingerprint density at radius 3 is 2.25 bits per heavy atom. The van der Waals surface area contributed by atoms with Crippen LogP contribution in [0.15, 0.2) is 84.0 Å². The third kappa shape index (κ3) is 5.76. The summed E-state index contributed by atoms with van der Waals surface area (Å²) < 4.78 is 7.85. The number of benzene rings is 3. The lowest BCUT2D eigenvalue weighted by atomic mass is 10.2. The van der Waals surface area contributed by atoms with E-state index in [1.165, 1.54) is 17.3 Å². The number of carbonyl (C=O) groups is 1. The second-order valence-corrected chi connectivity index (χ2v) is 8.32. The van der Waals surface area contributed by atoms with Gasteiger partial charge < -0.3 is 14.6 Å². The summed E-state index contributed by atoms with van der Waals surface area (Å²) in [6.45, 7) is 4.63. The van der Waals surface area contributed by atoms with Crippen molar-refractivity contribution in [1.29, 1.82) is 0 Å². The van der Waals surface area contributed by atoms with Gasteiger partial charge in [-0.25, -0.2) is 0 Å². The van der Waals surface area contributed by atoms with Gasteiger partial charge in [0, 0.05) is 5.69 Å². The molecule has 0 aliphatic carbocycles. The summed E-state index contributed by atoms with van der Waals surface area (Å²) in [6.07, 6.45) is 0. The number of aryl methyl sites for hydroxylation is 2. The van der Waals surface area contributed by atoms with Crippen LogP contribution in [0, 0.1) is 13.8 Å². The molecular weight excluding hydrogens is 420 g/mol. The number of nitrogens with one attached hydrogen (secondary N) is 1. The molecule has 0 aliphatic heterocycles. The van der Waals surface area contributed by atoms with Gasteiger partial charge in [-0.3, -0.25) is 4.79 Å². The lowest BCUT2D eigenvalue weighted by molar-refractivity contribution is -0.113. The summed E-state index contributed by atoms with van der Waals surface area (Å²) in [6, 6.07) is 25.3. The average molecular weight is 445 g/mol. The first-order chi connectivity index (χ1) is 15.6. The number of carbonyl (C=O) groups excluding carboxylic acids is 1. The molecule has 7 heteroatoms. The molecule has 162 valence electrons. The molecule has 0 spiro atoms. The van der Waals surface area contributed by atoms with Crippen LogP contribution in [0.25, 0.3) is 0 Å². The molecule has 1 amide bonds. The highest BCUT2D eigenvalue weighted by molar-refractivity contribution is 7.99. The van der Waals surface area contributed by atoms with Gasteiger partial charge in [0.1, 0.15) is 17.3 Å². The fourth-order valence-corrected chi connectivity index (χ4v) is 3.88. The number of aromatic nitrogens is 3. The number of ether oxygens (including phenoxy) is 1. The van der Waals surface area contributed by atoms with Crippen molar-refractivity contribution in [1.82, 2.24) is 14.8 Å². The van der Waals surface area contributed by atoms with E-state index in [2.05, 4.69) is 27.6 Å². The van der Waals surface area contributed by atoms with Crippen LogP contribution < -0.4 is 10.1 Å². The Morgan fingerprint density at radius 1 is 0.906 bits per heavy atom. The van der Waals surface area contributed by atoms with Crippen LogP contribution in [0.4, 0.5) is 5.69 Å². The Morgan fingerprint density at radius 2 is 1.56 bits per heavy atom. The topological polar surface area (TPSA) is 69.0 Å². The van der Waals surface area contributed by atoms with Crippen molar-refractivity contribution in [3.63, 3.8) is 0 Å². The van der Waals surface area contributed by atoms with Crippen LogP contribution in [0.3, 0.4) is 0 Å². The molecule has 1 aromatic heterocycles. The Labute approximate surface area is 191 Å². The van der Waals surface area contributed by atoms with Crippen molar-refractivity contribution in [3.05, 3.63) is 95.8 Å². The van der Waals surface area contributed by atoms with Crippen LogP contribution >= 0.6 is 11.8 Å². The highest BCUT2D eigenvalue weighted by atomic mass is 32.2. The van der Waals surface area contributed by atoms with E-state index >= 15 is 0 Å². The first kappa shape index (κ1) is 21.6. The number of nitrogens with zero attached hydrogens (tertiary/aromatic N) is 3. The van der Waals surface area contributed by atoms with E-state index in [1.54, 1.807) is 0 Å². The van der Waals surface area contributed by atoms with Gasteiger partial charge in [-0.15, -0.1) is 10.2 Å². The molecule has 6 nitrogen and oxygen atoms in total. The number of hydrogen-bond donors (Lipinski definition) is 1. The summed E-state index contributed by atoms with van der Waals surface area (Å²) >= 11 is 1.37. The average Bonchev–Trinajstić information content (AvgIpc) is 3.15. The van der Waals surface area contributed by atoms with Gasteiger partial charge in [-0.05, 0) is 55.8 Å². The molecule has 3 aromatic carbocycles. The maximum absolute atomic E-state index is 12.4. The van der Waals surface area contributed by atoms with Crippen molar-refractivity contribution < 1.29 is 9.53 Å². The summed E-state index contributed by atoms with van der Waals surface area (Å²) in [5.41, 5.74) is 3.06. The number of thioether (sulfide) groups is 1. The summed E-state index contributed by atoms with van der Waals surface area (Å²) in [7, 11) is 0. The molecule has 0 saturated carbocycles. The molecule has 0 atom stereocenters. The maximum Gasteiger partial charge on any atom is 0.234 e. The molecule has 32 heavy (non-hydrogen) atoms. The molecule has 1 heterocycles. The minimum atomic E-state index is -0.103. The molecule has 0 unspecified atom stereocenters. The molecule has 0 saturated heterocycles. The van der Waals surface area contributed by atoms with Crippen LogP contribution in [-0.4, -0.2) is 26.4 Å². The SMILES string of the molecule is Cc1ccc(Oc2ccc(NC(=O)CSc3nnc(C)n3Cc3ccccc3)cc2)cc1. The fourth-order valence-electron chi connectivity index (χ4n) is 3.09. The predicted octanol–water partition coefficient (Wildman–Crippen LogP) is 5.47. The van der Waals surface area contributed by atoms with Crippen LogP contribution in [0.2, 0.25) is 0 Å². The third-order valence-corrected chi connectivity index (χ3v) is 5.78. The van der Waals surface area contributed by atoms with Crippen LogP contribution in [0.1, 0.15) is 17.0 Å². The summed E-state index contributed by atoms with van der Waals surface area (Å²) in [5, 5.41) is 12.0. The minimum Gasteiger partial charge on any atom is -0.457 e. The van der Waals surface area contributed by atoms with E-state index in [4.69, 9.17) is 4.74 Å². The van der Waals surface area contributed by atoms with Gasteiger partial charge in [0.15, 0.2) is 5.16 Å². The highest BCUT2D eigenvalue weighted by Gasteiger charge is 2.12. The molecule has 1 N–H and O–H groups in total. The van der Waals surface area contributed by atoms with Gasteiger partial charge >= 0.3 is 0 Å². The van der Waals surface area contributed by atoms with Gasteiger partial charge in [-0.1, -0.05) is 59.8 Å². The van der Waals surface area contributed by atoms with E-state index < -0.39 is 0 Å². The lowest BCUT2D eigenvalue weighted by Crippen LogP contribution is -2.14. The lowest BCUT2D eigenvalue weighted by Gasteiger charge is -2.10. The zero-order valence-corrected chi connectivity index (χ0v) is 18.8. The van der Waals surface area contributed by atoms with Crippen molar-refractivity contribution in [2.24, 2.45) is 0 Å². The van der Waals surface area contributed by atoms with Crippen molar-refractivity contribution in [2.45, 2.75) is 25.5 Å². The smallest absolute Gasteiger partial charge is 0.234 e. The van der Waals surface area contributed by atoms with Gasteiger partial charge in [-0.2, -0.15) is 0 Å². The largest absolute Gasteiger partial charge is 0.457 e. The summed E-state index contributed by atoms with van der Waals surface area (Å²) in [5.74, 6) is 2.45. The molecule has 0 bridgehead atoms. The molecule has 0 fully saturated rings. The second kappa shape index (κ2) is 10.2. The zero-order chi connectivity index (χ0) is 22.3. The Kier molecular flexibility index (Phi) is 6.87. The highest BCUT2D eigenvalue weighted by Crippen LogP contribution is 2.24. The van der Waals surface area contributed by atoms with Gasteiger partial charge in [0.25, 0.3) is 0 Å². The van der Waals surface area contributed by atoms with Crippen LogP contribution in [0.5, 0.6) is 11.5 Å². The van der Waals surface area contributed by atoms with E-state index in [0.717, 1.165) is 22.3 Å². The molecular formula is C25H24N4O2S. The van der Waals surface area contributed by atoms with Gasteiger partial charge in [0.2, 0.25) is 5.91 Å². The van der Waals surface area contributed by atoms with Crippen molar-refractivity contribution in [2.75, 3.05) is 11.1 Å². The molecule has 0 radical (unpaired) electrons. The first-order valence-corrected chi connectivity index (χ1v) is 11.3. The maximum atomic E-state index is 12.4. The second-order valence-electron chi connectivity index (χ2n) is 7.38. The van der Waals surface area contributed by atoms with E-state index in [0.29, 0.717) is 18.0 Å². The monoisotopic (exact) mass is 444 g/mol. The molecule has 4 aromatic rings. The number of amides is 1. The predicted molar refractivity (Wildman–Crippen MR) is 127 cm³/mol. The van der Waals surface area contributed by atoms with E-state index in [-0.39, 0.29) is 11.7 Å². The number of hydrogen-bond acceptors (Lipinski definition) is 5. The third-order valence-electron chi connectivity index (χ3n) is 4.81. The van der Waals surface area contributed by atoms with Crippen molar-refractivity contribution >= 4 is 23.4 Å². The van der Waals surface area contributed by atoms with Gasteiger partial charge in [0.05, 0.1) is 12.3 Å². The Bertz CT molecular complexity index is 1170. The quantitative estimate of drug-likeness (QED) is 0.365. The molecule has 0 aliphatic rings. The van der Waals surface area contributed by atoms with Crippen LogP contribution in [-0.2, 0) is 11.3 Å². The fraction of sp³-hybridized carbons (Fsp3) is 0.160. The van der Waals surface area contributed by atoms with E-state index in [9.17, 15) is 4.79 Å². The Hall–Kier alpha value is -3.58. The number of rotatable bonds is 8. The normalized spacial score (nSPS) is 10.7. The Balaban J connectivity index is 1.31. The summed E-state index contributed by atoms with van der Waals surface area (Å²) in [4.78, 5) is 12.4. The zero-order valence-electron chi connectivity index (χ0n) is 18.0. The standard InChI is InChI=1S/C25H24N4O2S/c1-18-8-12-22(13-9-18)31-23-14-10-21(11-15-23)26-24(30)17-32-25-28-27-19(2)29(25)16-20-6-4-3-5-7-20/h3-15H,16-17H2,1-2H3,(H,26,30). The van der Waals surface area contributed by atoms with E-state index in [1.807, 2.05) is 85.1 Å². The number of anilines is 1. The first-order valence-electron chi connectivity index (χ1n) is 10.3.